The monoisotopic (exact) mass is 454 g/mol. The Bertz CT molecular complexity index is 351. The molecule has 0 saturated carbocycles. The van der Waals surface area contributed by atoms with Gasteiger partial charge in [0.1, 0.15) is 0 Å². The van der Waals surface area contributed by atoms with Crippen LogP contribution in [0.25, 0.3) is 0 Å². The second-order valence-corrected chi connectivity index (χ2v) is 10.3. The fraction of sp³-hybridized carbons (Fsp3) is 1.00. The molecular weight excluding hydrogens is 392 g/mol. The van der Waals surface area contributed by atoms with E-state index in [-0.39, 0.29) is 5.79 Å². The van der Waals surface area contributed by atoms with E-state index in [4.69, 9.17) is 9.47 Å². The molecular formula is C30H62O2. The molecule has 0 aliphatic rings. The summed E-state index contributed by atoms with van der Waals surface area (Å²) in [5, 5.41) is 0. The molecule has 0 aromatic rings. The summed E-state index contributed by atoms with van der Waals surface area (Å²) >= 11 is 0. The largest absolute Gasteiger partial charge is 0.353 e. The first-order valence-electron chi connectivity index (χ1n) is 14.8. The Labute approximate surface area is 204 Å². The van der Waals surface area contributed by atoms with E-state index in [2.05, 4.69) is 20.8 Å². The van der Waals surface area contributed by atoms with Gasteiger partial charge >= 0.3 is 0 Å². The first-order chi connectivity index (χ1) is 15.7. The number of methoxy groups -OCH3 is 2. The van der Waals surface area contributed by atoms with Crippen molar-refractivity contribution in [2.24, 2.45) is 5.92 Å². The first-order valence-corrected chi connectivity index (χ1v) is 14.8. The molecule has 0 amide bonds. The van der Waals surface area contributed by atoms with Crippen LogP contribution in [0, 0.1) is 5.92 Å². The average molecular weight is 455 g/mol. The lowest BCUT2D eigenvalue weighted by Crippen LogP contribution is -2.42. The van der Waals surface area contributed by atoms with E-state index in [9.17, 15) is 0 Å². The second-order valence-electron chi connectivity index (χ2n) is 10.3. The highest BCUT2D eigenvalue weighted by atomic mass is 16.7. The van der Waals surface area contributed by atoms with E-state index in [1.165, 1.54) is 141 Å². The molecule has 194 valence electrons. The molecule has 1 unspecified atom stereocenters. The minimum absolute atomic E-state index is 0.366. The predicted octanol–water partition coefficient (Wildman–Crippen LogP) is 10.6. The van der Waals surface area contributed by atoms with Crippen LogP contribution in [0.15, 0.2) is 0 Å². The molecule has 0 aromatic carbocycles. The third-order valence-corrected chi connectivity index (χ3v) is 7.50. The van der Waals surface area contributed by atoms with Crippen LogP contribution in [-0.2, 0) is 9.47 Å². The van der Waals surface area contributed by atoms with Crippen molar-refractivity contribution in [3.63, 3.8) is 0 Å². The quantitative estimate of drug-likeness (QED) is 0.0955. The van der Waals surface area contributed by atoms with Crippen LogP contribution in [0.2, 0.25) is 0 Å². The number of hydrogen-bond donors (Lipinski definition) is 0. The standard InChI is InChI=1S/C30H62O2/c1-6-9-12-15-18-21-24-27-29(26-23-20-17-14-11-8-3)30(31-4,32-5)28-25-22-19-16-13-10-7-2/h29H,6-28H2,1-5H3. The third kappa shape index (κ3) is 16.5. The zero-order valence-electron chi connectivity index (χ0n) is 23.2. The van der Waals surface area contributed by atoms with E-state index in [1.807, 2.05) is 14.2 Å². The molecule has 0 heterocycles. The Morgan fingerprint density at radius 2 is 0.750 bits per heavy atom. The highest BCUT2D eigenvalue weighted by molar-refractivity contribution is 4.80. The zero-order valence-corrected chi connectivity index (χ0v) is 23.2. The van der Waals surface area contributed by atoms with E-state index in [0.717, 1.165) is 6.42 Å². The second kappa shape index (κ2) is 24.1. The number of rotatable bonds is 26. The maximum atomic E-state index is 6.18. The van der Waals surface area contributed by atoms with Gasteiger partial charge in [-0.1, -0.05) is 143 Å². The van der Waals surface area contributed by atoms with Gasteiger partial charge in [0, 0.05) is 26.6 Å². The Hall–Kier alpha value is -0.0800. The topological polar surface area (TPSA) is 18.5 Å². The summed E-state index contributed by atoms with van der Waals surface area (Å²) in [6.45, 7) is 6.89. The molecule has 0 saturated heterocycles. The summed E-state index contributed by atoms with van der Waals surface area (Å²) in [4.78, 5) is 0. The van der Waals surface area contributed by atoms with Gasteiger partial charge in [-0.05, 0) is 19.3 Å². The summed E-state index contributed by atoms with van der Waals surface area (Å²) < 4.78 is 12.4. The van der Waals surface area contributed by atoms with Crippen LogP contribution < -0.4 is 0 Å². The highest BCUT2D eigenvalue weighted by Crippen LogP contribution is 2.36. The summed E-state index contributed by atoms with van der Waals surface area (Å²) in [5.74, 6) is 0.175. The van der Waals surface area contributed by atoms with Crippen LogP contribution >= 0.6 is 0 Å². The predicted molar refractivity (Wildman–Crippen MR) is 143 cm³/mol. The Morgan fingerprint density at radius 1 is 0.438 bits per heavy atom. The van der Waals surface area contributed by atoms with Gasteiger partial charge in [0.05, 0.1) is 0 Å². The van der Waals surface area contributed by atoms with Gasteiger partial charge in [0.2, 0.25) is 0 Å². The molecule has 0 fully saturated rings. The van der Waals surface area contributed by atoms with Crippen molar-refractivity contribution in [1.82, 2.24) is 0 Å². The normalized spacial score (nSPS) is 13.0. The van der Waals surface area contributed by atoms with E-state index < -0.39 is 0 Å². The highest BCUT2D eigenvalue weighted by Gasteiger charge is 2.37. The molecule has 0 aliphatic heterocycles. The van der Waals surface area contributed by atoms with Crippen LogP contribution in [0.1, 0.15) is 168 Å². The minimum Gasteiger partial charge on any atom is -0.353 e. The lowest BCUT2D eigenvalue weighted by molar-refractivity contribution is -0.247. The van der Waals surface area contributed by atoms with Gasteiger partial charge in [0.15, 0.2) is 5.79 Å². The van der Waals surface area contributed by atoms with Crippen molar-refractivity contribution in [1.29, 1.82) is 0 Å². The third-order valence-electron chi connectivity index (χ3n) is 7.50. The van der Waals surface area contributed by atoms with Gasteiger partial charge < -0.3 is 9.47 Å². The SMILES string of the molecule is CCCCCCCCCC(CCCCCCCC)C(CCCCCCCCC)(OC)OC. The lowest BCUT2D eigenvalue weighted by Gasteiger charge is -2.39. The summed E-state index contributed by atoms with van der Waals surface area (Å²) in [6, 6.07) is 0. The molecule has 0 aromatic heterocycles. The van der Waals surface area contributed by atoms with Gasteiger partial charge in [-0.3, -0.25) is 0 Å². The first kappa shape index (κ1) is 31.9. The van der Waals surface area contributed by atoms with Gasteiger partial charge in [-0.15, -0.1) is 0 Å². The smallest absolute Gasteiger partial charge is 0.170 e. The summed E-state index contributed by atoms with van der Waals surface area (Å²) in [6.07, 6.45) is 30.9. The van der Waals surface area contributed by atoms with Crippen molar-refractivity contribution >= 4 is 0 Å². The van der Waals surface area contributed by atoms with Crippen LogP contribution in [0.4, 0.5) is 0 Å². The van der Waals surface area contributed by atoms with E-state index in [0.29, 0.717) is 5.92 Å². The summed E-state index contributed by atoms with van der Waals surface area (Å²) in [5.41, 5.74) is 0. The van der Waals surface area contributed by atoms with Gasteiger partial charge in [-0.25, -0.2) is 0 Å². The fourth-order valence-electron chi connectivity index (χ4n) is 5.26. The maximum Gasteiger partial charge on any atom is 0.170 e. The van der Waals surface area contributed by atoms with Crippen molar-refractivity contribution in [3.8, 4) is 0 Å². The number of ether oxygens (including phenoxy) is 2. The molecule has 0 rings (SSSR count). The van der Waals surface area contributed by atoms with Crippen molar-refractivity contribution < 1.29 is 9.47 Å². The van der Waals surface area contributed by atoms with Crippen molar-refractivity contribution in [2.75, 3.05) is 14.2 Å². The molecule has 0 N–H and O–H groups in total. The van der Waals surface area contributed by atoms with Gasteiger partial charge in [-0.2, -0.15) is 0 Å². The van der Waals surface area contributed by atoms with Crippen molar-refractivity contribution in [2.45, 2.75) is 174 Å². The number of hydrogen-bond acceptors (Lipinski definition) is 2. The van der Waals surface area contributed by atoms with Crippen molar-refractivity contribution in [3.05, 3.63) is 0 Å². The Kier molecular flexibility index (Phi) is 24.0. The number of unbranched alkanes of at least 4 members (excludes halogenated alkanes) is 17. The minimum atomic E-state index is -0.366. The Morgan fingerprint density at radius 3 is 1.09 bits per heavy atom. The maximum absolute atomic E-state index is 6.18. The van der Waals surface area contributed by atoms with Crippen LogP contribution in [-0.4, -0.2) is 20.0 Å². The van der Waals surface area contributed by atoms with Crippen LogP contribution in [0.5, 0.6) is 0 Å². The molecule has 0 spiro atoms. The molecule has 1 atom stereocenters. The Balaban J connectivity index is 4.60. The lowest BCUT2D eigenvalue weighted by atomic mass is 9.84. The molecule has 32 heavy (non-hydrogen) atoms. The zero-order chi connectivity index (χ0) is 23.8. The van der Waals surface area contributed by atoms with Gasteiger partial charge in [0.25, 0.3) is 0 Å². The van der Waals surface area contributed by atoms with E-state index >= 15 is 0 Å². The molecule has 0 bridgehead atoms. The molecule has 2 nitrogen and oxygen atoms in total. The average Bonchev–Trinajstić information content (AvgIpc) is 2.81. The molecule has 0 radical (unpaired) electrons. The van der Waals surface area contributed by atoms with E-state index in [1.54, 1.807) is 0 Å². The molecule has 0 aliphatic carbocycles. The van der Waals surface area contributed by atoms with Crippen LogP contribution in [0.3, 0.4) is 0 Å². The molecule has 2 heteroatoms. The summed E-state index contributed by atoms with van der Waals surface area (Å²) in [7, 11) is 3.79. The fourth-order valence-corrected chi connectivity index (χ4v) is 5.26.